The monoisotopic (exact) mass is 793 g/mol. The van der Waals surface area contributed by atoms with Crippen LogP contribution < -0.4 is 0 Å². The molecule has 0 aliphatic rings. The lowest BCUT2D eigenvalue weighted by molar-refractivity contribution is -0.137. The molecule has 10 rings (SSSR count). The molecule has 5 nitrogen and oxygen atoms in total. The first-order chi connectivity index (χ1) is 29.6. The minimum atomic E-state index is -4.58. The van der Waals surface area contributed by atoms with E-state index in [0.29, 0.717) is 39.3 Å². The Morgan fingerprint density at radius 2 is 1.07 bits per heavy atom. The molecule has 0 saturated heterocycles. The molecule has 8 heteroatoms. The van der Waals surface area contributed by atoms with Crippen molar-refractivity contribution in [1.29, 1.82) is 5.26 Å². The predicted octanol–water partition coefficient (Wildman–Crippen LogP) is 15.2. The van der Waals surface area contributed by atoms with Crippen LogP contribution in [0.4, 0.5) is 24.5 Å². The van der Waals surface area contributed by atoms with Crippen molar-refractivity contribution >= 4 is 55.0 Å². The van der Waals surface area contributed by atoms with Crippen LogP contribution in [-0.4, -0.2) is 9.13 Å². The molecule has 0 fully saturated rings. The molecule has 0 aliphatic carbocycles. The zero-order chi connectivity index (χ0) is 42.0. The number of benzene rings is 8. The van der Waals surface area contributed by atoms with Crippen molar-refractivity contribution in [2.75, 3.05) is 0 Å². The van der Waals surface area contributed by atoms with Gasteiger partial charge >= 0.3 is 6.18 Å². The highest BCUT2D eigenvalue weighted by Crippen LogP contribution is 2.45. The highest BCUT2D eigenvalue weighted by Gasteiger charge is 2.31. The molecule has 0 amide bonds. The fraction of sp³-hybridized carbons (Fsp3) is 0.0377. The second-order valence-corrected chi connectivity index (χ2v) is 15.1. The minimum Gasteiger partial charge on any atom is -0.308 e. The van der Waals surface area contributed by atoms with Crippen LogP contribution in [0, 0.1) is 31.4 Å². The summed E-state index contributed by atoms with van der Waals surface area (Å²) >= 11 is 0. The minimum absolute atomic E-state index is 0.205. The smallest absolute Gasteiger partial charge is 0.308 e. The van der Waals surface area contributed by atoms with Crippen molar-refractivity contribution in [2.24, 2.45) is 0 Å². The van der Waals surface area contributed by atoms with Gasteiger partial charge in [-0.05, 0) is 125 Å². The molecule has 0 aliphatic heterocycles. The van der Waals surface area contributed by atoms with Gasteiger partial charge in [0.25, 0.3) is 0 Å². The van der Waals surface area contributed by atoms with Crippen LogP contribution in [0.5, 0.6) is 0 Å². The lowest BCUT2D eigenvalue weighted by Gasteiger charge is -2.20. The number of aryl methyl sites for hydroxylation is 1. The van der Waals surface area contributed by atoms with Gasteiger partial charge in [0, 0.05) is 21.5 Å². The topological polar surface area (TPSA) is 42.4 Å². The Hall–Kier alpha value is -8.38. The molecule has 0 radical (unpaired) electrons. The van der Waals surface area contributed by atoms with Gasteiger partial charge in [0.15, 0.2) is 11.4 Å². The molecule has 2 heterocycles. The van der Waals surface area contributed by atoms with Crippen LogP contribution in [0.1, 0.15) is 16.7 Å². The van der Waals surface area contributed by atoms with Crippen LogP contribution in [0.3, 0.4) is 0 Å². The third-order valence-electron chi connectivity index (χ3n) is 11.4. The van der Waals surface area contributed by atoms with E-state index in [9.17, 15) is 18.4 Å². The molecule has 0 spiro atoms. The lowest BCUT2D eigenvalue weighted by atomic mass is 9.97. The van der Waals surface area contributed by atoms with E-state index in [-0.39, 0.29) is 5.69 Å². The maximum atomic E-state index is 14.3. The van der Waals surface area contributed by atoms with E-state index < -0.39 is 11.7 Å². The molecule has 0 saturated carbocycles. The molecule has 8 aromatic carbocycles. The fourth-order valence-electron chi connectivity index (χ4n) is 8.70. The Balaban J connectivity index is 1.31. The molecule has 288 valence electrons. The summed E-state index contributed by atoms with van der Waals surface area (Å²) in [4.78, 5) is 7.61. The van der Waals surface area contributed by atoms with Gasteiger partial charge in [-0.25, -0.2) is 9.69 Å². The molecule has 2 aromatic heterocycles. The number of hydrogen-bond acceptors (Lipinski definition) is 1. The zero-order valence-corrected chi connectivity index (χ0v) is 32.5. The average Bonchev–Trinajstić information content (AvgIpc) is 3.80. The van der Waals surface area contributed by atoms with Crippen LogP contribution in [0.15, 0.2) is 164 Å². The third-order valence-corrected chi connectivity index (χ3v) is 11.4. The van der Waals surface area contributed by atoms with E-state index in [1.165, 1.54) is 0 Å². The quantitative estimate of drug-likeness (QED) is 0.160. The summed E-state index contributed by atoms with van der Waals surface area (Å²) < 4.78 is 47.2. The van der Waals surface area contributed by atoms with Gasteiger partial charge in [-0.2, -0.15) is 18.4 Å². The first kappa shape index (κ1) is 36.9. The highest BCUT2D eigenvalue weighted by atomic mass is 19.4. The number of alkyl halides is 3. The van der Waals surface area contributed by atoms with Crippen molar-refractivity contribution < 1.29 is 13.2 Å². The number of nitrogens with zero attached hydrogens (tertiary/aromatic N) is 5. The van der Waals surface area contributed by atoms with Crippen molar-refractivity contribution in [1.82, 2.24) is 9.13 Å². The van der Waals surface area contributed by atoms with Crippen molar-refractivity contribution in [3.63, 3.8) is 0 Å². The second kappa shape index (κ2) is 14.2. The van der Waals surface area contributed by atoms with E-state index >= 15 is 0 Å². The predicted molar refractivity (Wildman–Crippen MR) is 238 cm³/mol. The average molecular weight is 794 g/mol. The summed E-state index contributed by atoms with van der Waals surface area (Å²) in [6.45, 7) is 17.7. The maximum Gasteiger partial charge on any atom is 0.416 e. The van der Waals surface area contributed by atoms with E-state index in [4.69, 9.17) is 13.1 Å². The second-order valence-electron chi connectivity index (χ2n) is 15.1. The first-order valence-corrected chi connectivity index (χ1v) is 19.4. The first-order valence-electron chi connectivity index (χ1n) is 19.4. The van der Waals surface area contributed by atoms with E-state index in [1.54, 1.807) is 31.2 Å². The molecule has 0 unspecified atom stereocenters. The van der Waals surface area contributed by atoms with Crippen molar-refractivity contribution in [2.45, 2.75) is 13.1 Å². The molecule has 0 bridgehead atoms. The largest absolute Gasteiger partial charge is 0.416 e. The Kier molecular flexibility index (Phi) is 8.58. The fourth-order valence-corrected chi connectivity index (χ4v) is 8.70. The lowest BCUT2D eigenvalue weighted by Crippen LogP contribution is -2.06. The van der Waals surface area contributed by atoms with E-state index in [2.05, 4.69) is 49.2 Å². The summed E-state index contributed by atoms with van der Waals surface area (Å²) in [6, 6.07) is 53.3. The summed E-state index contributed by atoms with van der Waals surface area (Å²) in [5, 5.41) is 13.5. The Labute approximate surface area is 348 Å². The zero-order valence-electron chi connectivity index (χ0n) is 32.5. The summed E-state index contributed by atoms with van der Waals surface area (Å²) in [6.07, 6.45) is -4.58. The molecule has 0 N–H and O–H groups in total. The summed E-state index contributed by atoms with van der Waals surface area (Å²) in [7, 11) is 0. The molecular weight excluding hydrogens is 764 g/mol. The summed E-state index contributed by atoms with van der Waals surface area (Å²) in [5.41, 5.74) is 10.1. The van der Waals surface area contributed by atoms with Gasteiger partial charge in [0.1, 0.15) is 0 Å². The molecular formula is C53H30F3N5. The van der Waals surface area contributed by atoms with Crippen LogP contribution >= 0.6 is 0 Å². The van der Waals surface area contributed by atoms with Gasteiger partial charge in [-0.1, -0.05) is 84.9 Å². The van der Waals surface area contributed by atoms with Crippen molar-refractivity contribution in [3.8, 4) is 50.8 Å². The number of fused-ring (bicyclic) bond motifs is 6. The Bertz CT molecular complexity index is 3590. The number of para-hydroxylation sites is 2. The van der Waals surface area contributed by atoms with Crippen LogP contribution in [0.2, 0.25) is 0 Å². The SMILES string of the molecule is [C-]#[N+]c1cccc(-c2ccc3c(c2)c2ccccc2n3-c2cc(-c3cc(C)cc(C(F)(F)F)c3)c([N+]#[C-])cc2-n2c3ccccc3c3cc(-c4cccc(C#N)c4)ccc32)c1. The van der Waals surface area contributed by atoms with Crippen LogP contribution in [0.25, 0.3) is 98.1 Å². The molecule has 0 atom stereocenters. The standard InChI is InChI=1S/C53H30F3N5/c1-32-22-38(25-39(23-32)53(54,55)56)43-29-51(60-47-16-6-4-14-41(47)45-28-37(19-21-49(45)60)35-12-9-13-40(26-35)58-2)52(30-46(43)59-3)61-48-17-7-5-15-42(48)44-27-36(18-20-50(44)61)34-11-8-10-33(24-34)31-57/h4-30H,1H3. The van der Waals surface area contributed by atoms with Gasteiger partial charge in [-0.15, -0.1) is 0 Å². The van der Waals surface area contributed by atoms with Crippen LogP contribution in [-0.2, 0) is 6.18 Å². The van der Waals surface area contributed by atoms with Crippen molar-refractivity contribution in [3.05, 3.63) is 203 Å². The highest BCUT2D eigenvalue weighted by molar-refractivity contribution is 6.13. The number of nitriles is 1. The number of aromatic nitrogens is 2. The van der Waals surface area contributed by atoms with E-state index in [0.717, 1.165) is 78.0 Å². The number of hydrogen-bond donors (Lipinski definition) is 0. The molecule has 61 heavy (non-hydrogen) atoms. The number of halogens is 3. The van der Waals surface area contributed by atoms with Gasteiger partial charge in [0.05, 0.1) is 63.8 Å². The van der Waals surface area contributed by atoms with Gasteiger partial charge in [-0.3, -0.25) is 0 Å². The van der Waals surface area contributed by atoms with E-state index in [1.807, 2.05) is 103 Å². The maximum absolute atomic E-state index is 14.3. The van der Waals surface area contributed by atoms with Gasteiger partial charge < -0.3 is 9.13 Å². The molecule has 10 aromatic rings. The Morgan fingerprint density at radius 1 is 0.508 bits per heavy atom. The number of rotatable bonds is 5. The third kappa shape index (κ3) is 6.16. The van der Waals surface area contributed by atoms with Gasteiger partial charge in [0.2, 0.25) is 0 Å². The summed E-state index contributed by atoms with van der Waals surface area (Å²) in [5.74, 6) is 0. The Morgan fingerprint density at radius 3 is 1.66 bits per heavy atom. The normalized spacial score (nSPS) is 11.6.